The lowest BCUT2D eigenvalue weighted by molar-refractivity contribution is -0.121. The van der Waals surface area contributed by atoms with Crippen LogP contribution in [0.2, 0.25) is 0 Å². The van der Waals surface area contributed by atoms with E-state index in [1.54, 1.807) is 0 Å². The Balaban J connectivity index is 2.06. The van der Waals surface area contributed by atoms with Crippen LogP contribution in [0.3, 0.4) is 0 Å². The molecule has 0 bridgehead atoms. The molecular formula is C14H18N2O2. The summed E-state index contributed by atoms with van der Waals surface area (Å²) in [6.45, 7) is 4.15. The maximum absolute atomic E-state index is 11.0. The molecule has 0 radical (unpaired) electrons. The third kappa shape index (κ3) is 3.09. The fourth-order valence-corrected chi connectivity index (χ4v) is 1.72. The fourth-order valence-electron chi connectivity index (χ4n) is 1.72. The average molecular weight is 246 g/mol. The van der Waals surface area contributed by atoms with Gasteiger partial charge in [0, 0.05) is 12.8 Å². The van der Waals surface area contributed by atoms with Crippen LogP contribution in [0.25, 0.3) is 0 Å². The van der Waals surface area contributed by atoms with Crippen LogP contribution in [-0.4, -0.2) is 17.7 Å². The molecule has 1 aliphatic heterocycles. The Morgan fingerprint density at radius 2 is 2.06 bits per heavy atom. The first-order chi connectivity index (χ1) is 8.69. The number of carbonyl (C=O) groups is 1. The highest BCUT2D eigenvalue weighted by Crippen LogP contribution is 2.17. The molecule has 4 heteroatoms. The molecule has 18 heavy (non-hydrogen) atoms. The van der Waals surface area contributed by atoms with Gasteiger partial charge in [0.25, 0.3) is 0 Å². The van der Waals surface area contributed by atoms with Gasteiger partial charge in [-0.2, -0.15) is 5.10 Å². The topological polar surface area (TPSA) is 50.7 Å². The Morgan fingerprint density at radius 1 is 1.33 bits per heavy atom. The first-order valence-corrected chi connectivity index (χ1v) is 6.31. The molecule has 1 atom stereocenters. The van der Waals surface area contributed by atoms with Crippen LogP contribution in [0.4, 0.5) is 0 Å². The number of nitrogens with zero attached hydrogens (tertiary/aromatic N) is 1. The average Bonchev–Trinajstić information content (AvgIpc) is 2.40. The summed E-state index contributed by atoms with van der Waals surface area (Å²) in [4.78, 5) is 11.0. The number of benzene rings is 1. The van der Waals surface area contributed by atoms with Gasteiger partial charge in [-0.3, -0.25) is 4.79 Å². The Morgan fingerprint density at radius 3 is 2.61 bits per heavy atom. The van der Waals surface area contributed by atoms with Crippen LogP contribution in [0.5, 0.6) is 5.75 Å². The van der Waals surface area contributed by atoms with Crippen molar-refractivity contribution in [2.24, 2.45) is 5.10 Å². The molecule has 0 aromatic heterocycles. The quantitative estimate of drug-likeness (QED) is 0.887. The summed E-state index contributed by atoms with van der Waals surface area (Å²) >= 11 is 0. The summed E-state index contributed by atoms with van der Waals surface area (Å²) in [6.07, 6.45) is 2.41. The molecular weight excluding hydrogens is 228 g/mol. The van der Waals surface area contributed by atoms with Crippen molar-refractivity contribution in [3.8, 4) is 5.75 Å². The van der Waals surface area contributed by atoms with E-state index in [9.17, 15) is 4.79 Å². The number of hydrogen-bond donors (Lipinski definition) is 1. The van der Waals surface area contributed by atoms with Gasteiger partial charge in [0.2, 0.25) is 5.91 Å². The number of rotatable bonds is 4. The second-order valence-corrected chi connectivity index (χ2v) is 4.45. The minimum Gasteiger partial charge on any atom is -0.491 e. The van der Waals surface area contributed by atoms with E-state index >= 15 is 0 Å². The largest absolute Gasteiger partial charge is 0.491 e. The number of ether oxygens (including phenoxy) is 1. The summed E-state index contributed by atoms with van der Waals surface area (Å²) in [5, 5.41) is 4.06. The molecule has 0 saturated carbocycles. The van der Waals surface area contributed by atoms with Crippen LogP contribution < -0.4 is 10.2 Å². The number of nitrogens with one attached hydrogen (secondary N) is 1. The standard InChI is InChI=1S/C14H18N2O2/c1-3-10(2)18-12-6-4-11(5-7-12)13-8-9-14(17)16-15-13/h4-7,10H,3,8-9H2,1-2H3,(H,16,17). The molecule has 1 aromatic carbocycles. The molecule has 1 amide bonds. The highest BCUT2D eigenvalue weighted by atomic mass is 16.5. The lowest BCUT2D eigenvalue weighted by atomic mass is 10.0. The predicted molar refractivity (Wildman–Crippen MR) is 70.7 cm³/mol. The van der Waals surface area contributed by atoms with Gasteiger partial charge in [-0.15, -0.1) is 0 Å². The lowest BCUT2D eigenvalue weighted by Gasteiger charge is -2.14. The highest BCUT2D eigenvalue weighted by Gasteiger charge is 2.13. The van der Waals surface area contributed by atoms with Gasteiger partial charge in [0.15, 0.2) is 0 Å². The van der Waals surface area contributed by atoms with Crippen LogP contribution in [0.1, 0.15) is 38.7 Å². The van der Waals surface area contributed by atoms with Crippen molar-refractivity contribution in [1.82, 2.24) is 5.43 Å². The first-order valence-electron chi connectivity index (χ1n) is 6.31. The van der Waals surface area contributed by atoms with Crippen molar-refractivity contribution in [2.75, 3.05) is 0 Å². The van der Waals surface area contributed by atoms with Crippen molar-refractivity contribution in [1.29, 1.82) is 0 Å². The summed E-state index contributed by atoms with van der Waals surface area (Å²) in [5.41, 5.74) is 4.46. The van der Waals surface area contributed by atoms with E-state index in [1.807, 2.05) is 24.3 Å². The molecule has 1 aromatic rings. The molecule has 0 spiro atoms. The van der Waals surface area contributed by atoms with E-state index in [1.165, 1.54) is 0 Å². The monoisotopic (exact) mass is 246 g/mol. The third-order valence-electron chi connectivity index (χ3n) is 3.00. The minimum atomic E-state index is -0.0181. The zero-order chi connectivity index (χ0) is 13.0. The van der Waals surface area contributed by atoms with Gasteiger partial charge in [-0.05, 0) is 43.2 Å². The zero-order valence-electron chi connectivity index (χ0n) is 10.8. The van der Waals surface area contributed by atoms with E-state index in [0.717, 1.165) is 23.4 Å². The van der Waals surface area contributed by atoms with Gasteiger partial charge in [-0.25, -0.2) is 5.43 Å². The number of hydrazone groups is 1. The van der Waals surface area contributed by atoms with Gasteiger partial charge in [0.05, 0.1) is 11.8 Å². The second-order valence-electron chi connectivity index (χ2n) is 4.45. The van der Waals surface area contributed by atoms with Crippen molar-refractivity contribution in [3.05, 3.63) is 29.8 Å². The van der Waals surface area contributed by atoms with Crippen LogP contribution >= 0.6 is 0 Å². The van der Waals surface area contributed by atoms with Crippen LogP contribution in [-0.2, 0) is 4.79 Å². The summed E-state index contributed by atoms with van der Waals surface area (Å²) < 4.78 is 5.71. The number of amides is 1. The smallest absolute Gasteiger partial charge is 0.240 e. The number of hydrogen-bond acceptors (Lipinski definition) is 3. The summed E-state index contributed by atoms with van der Waals surface area (Å²) in [7, 11) is 0. The minimum absolute atomic E-state index is 0.0181. The fraction of sp³-hybridized carbons (Fsp3) is 0.429. The Bertz CT molecular complexity index is 451. The van der Waals surface area contributed by atoms with Crippen LogP contribution in [0.15, 0.2) is 29.4 Å². The third-order valence-corrected chi connectivity index (χ3v) is 3.00. The van der Waals surface area contributed by atoms with Gasteiger partial charge >= 0.3 is 0 Å². The lowest BCUT2D eigenvalue weighted by Crippen LogP contribution is -2.25. The molecule has 0 fully saturated rings. The summed E-state index contributed by atoms with van der Waals surface area (Å²) in [5.74, 6) is 0.851. The first kappa shape index (κ1) is 12.6. The van der Waals surface area contributed by atoms with Crippen molar-refractivity contribution in [3.63, 3.8) is 0 Å². The molecule has 1 N–H and O–H groups in total. The second kappa shape index (κ2) is 5.67. The molecule has 1 heterocycles. The van der Waals surface area contributed by atoms with E-state index in [0.29, 0.717) is 12.8 Å². The Labute approximate surface area is 107 Å². The van der Waals surface area contributed by atoms with E-state index < -0.39 is 0 Å². The molecule has 1 aliphatic rings. The van der Waals surface area contributed by atoms with E-state index in [4.69, 9.17) is 4.74 Å². The van der Waals surface area contributed by atoms with Crippen molar-refractivity contribution in [2.45, 2.75) is 39.2 Å². The number of carbonyl (C=O) groups excluding carboxylic acids is 1. The Hall–Kier alpha value is -1.84. The molecule has 4 nitrogen and oxygen atoms in total. The van der Waals surface area contributed by atoms with Gasteiger partial charge < -0.3 is 4.74 Å². The molecule has 1 unspecified atom stereocenters. The SMILES string of the molecule is CCC(C)Oc1ccc(C2=NNC(=O)CC2)cc1. The molecule has 2 rings (SSSR count). The van der Waals surface area contributed by atoms with Gasteiger partial charge in [-0.1, -0.05) is 6.92 Å². The molecule has 0 aliphatic carbocycles. The van der Waals surface area contributed by atoms with E-state index in [2.05, 4.69) is 24.4 Å². The maximum Gasteiger partial charge on any atom is 0.240 e. The van der Waals surface area contributed by atoms with E-state index in [-0.39, 0.29) is 12.0 Å². The van der Waals surface area contributed by atoms with Crippen molar-refractivity contribution < 1.29 is 9.53 Å². The van der Waals surface area contributed by atoms with Crippen LogP contribution in [0, 0.1) is 0 Å². The van der Waals surface area contributed by atoms with Crippen molar-refractivity contribution >= 4 is 11.6 Å². The Kier molecular flexibility index (Phi) is 3.97. The highest BCUT2D eigenvalue weighted by molar-refractivity contribution is 6.04. The van der Waals surface area contributed by atoms with Gasteiger partial charge in [0.1, 0.15) is 5.75 Å². The normalized spacial score (nSPS) is 16.8. The molecule has 96 valence electrons. The maximum atomic E-state index is 11.0. The molecule has 0 saturated heterocycles. The summed E-state index contributed by atoms with van der Waals surface area (Å²) in [6, 6.07) is 7.85. The zero-order valence-corrected chi connectivity index (χ0v) is 10.8. The predicted octanol–water partition coefficient (Wildman–Crippen LogP) is 2.48.